The summed E-state index contributed by atoms with van der Waals surface area (Å²) in [5.74, 6) is 0.452. The van der Waals surface area contributed by atoms with Crippen molar-refractivity contribution in [3.05, 3.63) is 23.3 Å². The van der Waals surface area contributed by atoms with Gasteiger partial charge in [-0.1, -0.05) is 6.07 Å². The van der Waals surface area contributed by atoms with Crippen molar-refractivity contribution < 1.29 is 13.2 Å². The summed E-state index contributed by atoms with van der Waals surface area (Å²) in [5, 5.41) is 3.27. The van der Waals surface area contributed by atoms with Crippen LogP contribution in [0.2, 0.25) is 0 Å². The van der Waals surface area contributed by atoms with Crippen LogP contribution in [0.1, 0.15) is 11.1 Å². The second kappa shape index (κ2) is 4.66. The minimum atomic E-state index is -3.26. The summed E-state index contributed by atoms with van der Waals surface area (Å²) >= 11 is 0. The van der Waals surface area contributed by atoms with Crippen molar-refractivity contribution in [3.8, 4) is 5.75 Å². The third-order valence-corrected chi connectivity index (χ3v) is 4.22. The molecule has 0 spiro atoms. The highest BCUT2D eigenvalue weighted by atomic mass is 32.2. The lowest BCUT2D eigenvalue weighted by molar-refractivity contribution is 0.401. The zero-order valence-electron chi connectivity index (χ0n) is 10.1. The number of rotatable bonds is 2. The SMILES string of the molecule is COc1ccc2c(c1S(C)(=O)=O)CCNCC2. The van der Waals surface area contributed by atoms with E-state index >= 15 is 0 Å². The molecule has 0 bridgehead atoms. The molecule has 1 aromatic carbocycles. The Hall–Kier alpha value is -1.07. The molecule has 0 unspecified atom stereocenters. The highest BCUT2D eigenvalue weighted by Gasteiger charge is 2.22. The minimum Gasteiger partial charge on any atom is -0.495 e. The zero-order valence-corrected chi connectivity index (χ0v) is 10.9. The van der Waals surface area contributed by atoms with Crippen LogP contribution in [0.25, 0.3) is 0 Å². The molecule has 1 aromatic rings. The van der Waals surface area contributed by atoms with Gasteiger partial charge in [-0.25, -0.2) is 8.42 Å². The normalized spacial score (nSPS) is 16.1. The van der Waals surface area contributed by atoms with Gasteiger partial charge in [0.1, 0.15) is 10.6 Å². The zero-order chi connectivity index (χ0) is 12.5. The highest BCUT2D eigenvalue weighted by molar-refractivity contribution is 7.90. The lowest BCUT2D eigenvalue weighted by atomic mass is 10.0. The Morgan fingerprint density at radius 3 is 2.59 bits per heavy atom. The van der Waals surface area contributed by atoms with Gasteiger partial charge in [0.05, 0.1) is 7.11 Å². The van der Waals surface area contributed by atoms with E-state index in [9.17, 15) is 8.42 Å². The summed E-state index contributed by atoms with van der Waals surface area (Å²) in [6.07, 6.45) is 2.83. The summed E-state index contributed by atoms with van der Waals surface area (Å²) in [7, 11) is -1.75. The van der Waals surface area contributed by atoms with Gasteiger partial charge in [-0.05, 0) is 43.1 Å². The van der Waals surface area contributed by atoms with E-state index < -0.39 is 9.84 Å². The molecule has 94 valence electrons. The average molecular weight is 255 g/mol. The van der Waals surface area contributed by atoms with Gasteiger partial charge >= 0.3 is 0 Å². The minimum absolute atomic E-state index is 0.362. The molecule has 0 amide bonds. The van der Waals surface area contributed by atoms with Crippen LogP contribution < -0.4 is 10.1 Å². The Bertz CT molecular complexity index is 523. The second-order valence-electron chi connectivity index (χ2n) is 4.26. The van der Waals surface area contributed by atoms with Crippen molar-refractivity contribution in [1.29, 1.82) is 0 Å². The number of nitrogens with one attached hydrogen (secondary N) is 1. The molecule has 0 aromatic heterocycles. The Kier molecular flexibility index (Phi) is 3.40. The van der Waals surface area contributed by atoms with Crippen LogP contribution in [-0.2, 0) is 22.7 Å². The maximum absolute atomic E-state index is 11.9. The highest BCUT2D eigenvalue weighted by Crippen LogP contribution is 2.31. The van der Waals surface area contributed by atoms with E-state index in [0.29, 0.717) is 10.6 Å². The smallest absolute Gasteiger partial charge is 0.179 e. The van der Waals surface area contributed by atoms with Gasteiger partial charge in [-0.2, -0.15) is 0 Å². The number of methoxy groups -OCH3 is 1. The van der Waals surface area contributed by atoms with Crippen molar-refractivity contribution >= 4 is 9.84 Å². The fourth-order valence-electron chi connectivity index (χ4n) is 2.28. The van der Waals surface area contributed by atoms with E-state index in [0.717, 1.165) is 37.1 Å². The summed E-state index contributed by atoms with van der Waals surface area (Å²) in [6.45, 7) is 1.70. The number of benzene rings is 1. The Morgan fingerprint density at radius 2 is 1.94 bits per heavy atom. The molecule has 0 saturated heterocycles. The molecule has 0 radical (unpaired) electrons. The van der Waals surface area contributed by atoms with Gasteiger partial charge in [-0.15, -0.1) is 0 Å². The van der Waals surface area contributed by atoms with Crippen molar-refractivity contribution in [2.45, 2.75) is 17.7 Å². The summed E-state index contributed by atoms with van der Waals surface area (Å²) in [4.78, 5) is 0.362. The van der Waals surface area contributed by atoms with E-state index in [1.54, 1.807) is 6.07 Å². The Balaban J connectivity index is 2.68. The molecule has 0 atom stereocenters. The number of hydrogen-bond donors (Lipinski definition) is 1. The molecular formula is C12H17NO3S. The standard InChI is InChI=1S/C12H17NO3S/c1-16-11-4-3-9-5-7-13-8-6-10(9)12(11)17(2,14)15/h3-4,13H,5-8H2,1-2H3. The first-order chi connectivity index (χ1) is 8.04. The quantitative estimate of drug-likeness (QED) is 0.849. The van der Waals surface area contributed by atoms with E-state index in [2.05, 4.69) is 5.32 Å². The number of ether oxygens (including phenoxy) is 1. The lowest BCUT2D eigenvalue weighted by Gasteiger charge is -2.14. The number of sulfone groups is 1. The Morgan fingerprint density at radius 1 is 1.24 bits per heavy atom. The van der Waals surface area contributed by atoms with Crippen molar-refractivity contribution in [1.82, 2.24) is 5.32 Å². The molecule has 1 N–H and O–H groups in total. The molecule has 2 rings (SSSR count). The monoisotopic (exact) mass is 255 g/mol. The maximum Gasteiger partial charge on any atom is 0.179 e. The molecule has 0 fully saturated rings. The van der Waals surface area contributed by atoms with Crippen LogP contribution >= 0.6 is 0 Å². The predicted molar refractivity (Wildman–Crippen MR) is 66.4 cm³/mol. The summed E-state index contributed by atoms with van der Waals surface area (Å²) in [5.41, 5.74) is 2.02. The van der Waals surface area contributed by atoms with Crippen LogP contribution in [0, 0.1) is 0 Å². The van der Waals surface area contributed by atoms with Crippen LogP contribution in [-0.4, -0.2) is 34.9 Å². The summed E-state index contributed by atoms with van der Waals surface area (Å²) < 4.78 is 29.0. The second-order valence-corrected chi connectivity index (χ2v) is 6.21. The molecule has 1 aliphatic rings. The van der Waals surface area contributed by atoms with E-state index in [-0.39, 0.29) is 0 Å². The van der Waals surface area contributed by atoms with E-state index in [1.807, 2.05) is 6.07 Å². The maximum atomic E-state index is 11.9. The van der Waals surface area contributed by atoms with Crippen LogP contribution in [0.3, 0.4) is 0 Å². The molecule has 4 nitrogen and oxygen atoms in total. The molecule has 17 heavy (non-hydrogen) atoms. The van der Waals surface area contributed by atoms with Crippen LogP contribution in [0.5, 0.6) is 5.75 Å². The van der Waals surface area contributed by atoms with Gasteiger partial charge in [0.2, 0.25) is 0 Å². The topological polar surface area (TPSA) is 55.4 Å². The van der Waals surface area contributed by atoms with Gasteiger partial charge in [0.25, 0.3) is 0 Å². The molecular weight excluding hydrogens is 238 g/mol. The van der Waals surface area contributed by atoms with Gasteiger partial charge in [0, 0.05) is 6.26 Å². The molecule has 5 heteroatoms. The summed E-state index contributed by atoms with van der Waals surface area (Å²) in [6, 6.07) is 3.72. The van der Waals surface area contributed by atoms with E-state index in [4.69, 9.17) is 4.74 Å². The van der Waals surface area contributed by atoms with Crippen molar-refractivity contribution in [2.75, 3.05) is 26.5 Å². The first-order valence-corrected chi connectivity index (χ1v) is 7.52. The predicted octanol–water partition coefficient (Wildman–Crippen LogP) is 0.787. The van der Waals surface area contributed by atoms with E-state index in [1.165, 1.54) is 13.4 Å². The largest absolute Gasteiger partial charge is 0.495 e. The van der Waals surface area contributed by atoms with Crippen LogP contribution in [0.15, 0.2) is 17.0 Å². The van der Waals surface area contributed by atoms with Gasteiger partial charge < -0.3 is 10.1 Å². The lowest BCUT2D eigenvalue weighted by Crippen LogP contribution is -2.16. The van der Waals surface area contributed by atoms with Crippen molar-refractivity contribution in [2.24, 2.45) is 0 Å². The van der Waals surface area contributed by atoms with Gasteiger partial charge in [0.15, 0.2) is 9.84 Å². The van der Waals surface area contributed by atoms with Crippen molar-refractivity contribution in [3.63, 3.8) is 0 Å². The average Bonchev–Trinajstić information content (AvgIpc) is 2.50. The Labute approximate surface area is 102 Å². The molecule has 1 aliphatic heterocycles. The number of hydrogen-bond acceptors (Lipinski definition) is 4. The third-order valence-electron chi connectivity index (χ3n) is 3.03. The van der Waals surface area contributed by atoms with Gasteiger partial charge in [-0.3, -0.25) is 0 Å². The molecule has 0 saturated carbocycles. The first-order valence-electron chi connectivity index (χ1n) is 5.63. The molecule has 0 aliphatic carbocycles. The first kappa shape index (κ1) is 12.4. The third kappa shape index (κ3) is 2.45. The fraction of sp³-hybridized carbons (Fsp3) is 0.500. The van der Waals surface area contributed by atoms with Crippen LogP contribution in [0.4, 0.5) is 0 Å². The number of fused-ring (bicyclic) bond motifs is 1. The molecule has 1 heterocycles. The fourth-order valence-corrected chi connectivity index (χ4v) is 3.48.